The van der Waals surface area contributed by atoms with Crippen LogP contribution in [0.4, 0.5) is 0 Å². The Labute approximate surface area is 59.4 Å². The summed E-state index contributed by atoms with van der Waals surface area (Å²) in [5, 5.41) is 0. The summed E-state index contributed by atoms with van der Waals surface area (Å²) in [7, 11) is 0. The molecule has 2 atom stereocenters. The van der Waals surface area contributed by atoms with Crippen LogP contribution >= 0.6 is 0 Å². The predicted molar refractivity (Wildman–Crippen MR) is 39.6 cm³/mol. The van der Waals surface area contributed by atoms with Gasteiger partial charge in [0.25, 0.3) is 0 Å². The molecule has 0 aliphatic heterocycles. The monoisotopic (exact) mass is 219 g/mol. The zero-order chi connectivity index (χ0) is 6.15. The van der Waals surface area contributed by atoms with Crippen LogP contribution in [0, 0.1) is 11.8 Å². The molecule has 1 heteroatoms. The second-order valence-corrected chi connectivity index (χ2v) is 11.4. The number of hydrogen-bond acceptors (Lipinski definition) is 0. The van der Waals surface area contributed by atoms with Gasteiger partial charge in [0.05, 0.1) is 0 Å². The molecule has 0 aromatic heterocycles. The first-order valence-corrected chi connectivity index (χ1v) is 11.2. The summed E-state index contributed by atoms with van der Waals surface area (Å²) < 4.78 is 1.66. The normalized spacial score (nSPS) is 36.0. The van der Waals surface area contributed by atoms with Crippen molar-refractivity contribution in [3.05, 3.63) is 0 Å². The van der Waals surface area contributed by atoms with Crippen molar-refractivity contribution in [2.24, 2.45) is 11.8 Å². The van der Waals surface area contributed by atoms with E-state index >= 15 is 0 Å². The molecule has 0 bridgehead atoms. The van der Waals surface area contributed by atoms with E-state index in [4.69, 9.17) is 0 Å². The molecule has 2 unspecified atom stereocenters. The van der Waals surface area contributed by atoms with Crippen LogP contribution in [-0.2, 0) is 0 Å². The third-order valence-corrected chi connectivity index (χ3v) is 5.77. The van der Waals surface area contributed by atoms with Crippen LogP contribution in [0.2, 0.25) is 14.3 Å². The molecule has 0 aromatic rings. The molecule has 1 aliphatic carbocycles. The molecule has 0 N–H and O–H groups in total. The second-order valence-electron chi connectivity index (χ2n) is 3.38. The molecule has 0 heterocycles. The van der Waals surface area contributed by atoms with Crippen LogP contribution in [0.3, 0.4) is 0 Å². The van der Waals surface area contributed by atoms with Crippen molar-refractivity contribution in [2.75, 3.05) is 0 Å². The standard InChI is InChI=1S/C5H9.2CH3.Sn/c1-4-3-5(4)2;;;/h4-5H,1,3H2,2H3;2*1H3;. The van der Waals surface area contributed by atoms with Crippen LogP contribution in [0.1, 0.15) is 13.3 Å². The average Bonchev–Trinajstić information content (AvgIpc) is 2.17. The van der Waals surface area contributed by atoms with Gasteiger partial charge >= 0.3 is 59.3 Å². The van der Waals surface area contributed by atoms with Gasteiger partial charge in [-0.15, -0.1) is 0 Å². The van der Waals surface area contributed by atoms with Gasteiger partial charge < -0.3 is 0 Å². The summed E-state index contributed by atoms with van der Waals surface area (Å²) >= 11 is -0.673. The molecule has 1 radical (unpaired) electrons. The third kappa shape index (κ3) is 1.96. The van der Waals surface area contributed by atoms with Crippen molar-refractivity contribution in [3.63, 3.8) is 0 Å². The Morgan fingerprint density at radius 3 is 2.12 bits per heavy atom. The van der Waals surface area contributed by atoms with Crippen molar-refractivity contribution in [2.45, 2.75) is 27.7 Å². The van der Waals surface area contributed by atoms with Crippen LogP contribution in [-0.4, -0.2) is 19.8 Å². The van der Waals surface area contributed by atoms with E-state index in [0.29, 0.717) is 0 Å². The van der Waals surface area contributed by atoms with Crippen LogP contribution in [0.15, 0.2) is 0 Å². The Balaban J connectivity index is 2.05. The predicted octanol–water partition coefficient (Wildman–Crippen LogP) is 2.40. The maximum atomic E-state index is 2.51. The summed E-state index contributed by atoms with van der Waals surface area (Å²) in [5.74, 6) is 2.28. The van der Waals surface area contributed by atoms with E-state index < -0.39 is 19.8 Å². The fourth-order valence-electron chi connectivity index (χ4n) is 1.21. The van der Waals surface area contributed by atoms with Gasteiger partial charge in [-0.1, -0.05) is 0 Å². The van der Waals surface area contributed by atoms with Crippen LogP contribution < -0.4 is 0 Å². The molecule has 0 amide bonds. The summed E-state index contributed by atoms with van der Waals surface area (Å²) in [5.41, 5.74) is 0. The number of rotatable bonds is 2. The minimum atomic E-state index is -0.673. The fourth-order valence-corrected chi connectivity index (χ4v) is 5.83. The molecular formula is C7H15Sn. The van der Waals surface area contributed by atoms with Crippen molar-refractivity contribution < 1.29 is 0 Å². The van der Waals surface area contributed by atoms with E-state index in [1.807, 2.05) is 0 Å². The van der Waals surface area contributed by atoms with Crippen molar-refractivity contribution in [1.82, 2.24) is 0 Å². The van der Waals surface area contributed by atoms with Gasteiger partial charge in [0.15, 0.2) is 0 Å². The summed E-state index contributed by atoms with van der Waals surface area (Å²) in [4.78, 5) is 5.01. The van der Waals surface area contributed by atoms with Crippen LogP contribution in [0.5, 0.6) is 0 Å². The number of hydrogen-bond donors (Lipinski definition) is 0. The Kier molecular flexibility index (Phi) is 2.24. The van der Waals surface area contributed by atoms with Gasteiger partial charge in [0.2, 0.25) is 0 Å². The van der Waals surface area contributed by atoms with Crippen molar-refractivity contribution >= 4 is 19.8 Å². The molecule has 47 valence electrons. The Morgan fingerprint density at radius 2 is 2.00 bits per heavy atom. The van der Waals surface area contributed by atoms with Gasteiger partial charge in [-0.3, -0.25) is 0 Å². The SMILES string of the molecule is CC1CC1[CH2][Sn]([CH3])[CH3]. The van der Waals surface area contributed by atoms with E-state index in [9.17, 15) is 0 Å². The van der Waals surface area contributed by atoms with E-state index in [0.717, 1.165) is 5.92 Å². The fraction of sp³-hybridized carbons (Fsp3) is 1.00. The third-order valence-electron chi connectivity index (χ3n) is 1.95. The molecule has 0 spiro atoms. The zero-order valence-electron chi connectivity index (χ0n) is 6.07. The van der Waals surface area contributed by atoms with Gasteiger partial charge in [0.1, 0.15) is 0 Å². The summed E-state index contributed by atoms with van der Waals surface area (Å²) in [6, 6.07) is 0. The van der Waals surface area contributed by atoms with Crippen molar-refractivity contribution in [1.29, 1.82) is 0 Å². The minimum absolute atomic E-state index is 0.673. The topological polar surface area (TPSA) is 0 Å². The molecule has 0 nitrogen and oxygen atoms in total. The molecule has 1 aliphatic rings. The van der Waals surface area contributed by atoms with Gasteiger partial charge in [0, 0.05) is 0 Å². The molecule has 1 saturated carbocycles. The quantitative estimate of drug-likeness (QED) is 0.624. The van der Waals surface area contributed by atoms with Gasteiger partial charge in [-0.25, -0.2) is 0 Å². The van der Waals surface area contributed by atoms with Gasteiger partial charge in [-0.05, 0) is 0 Å². The first-order valence-electron chi connectivity index (χ1n) is 3.49. The van der Waals surface area contributed by atoms with E-state index in [-0.39, 0.29) is 0 Å². The average molecular weight is 218 g/mol. The summed E-state index contributed by atoms with van der Waals surface area (Å²) in [6.07, 6.45) is 1.55. The van der Waals surface area contributed by atoms with E-state index in [2.05, 4.69) is 16.8 Å². The summed E-state index contributed by atoms with van der Waals surface area (Å²) in [6.45, 7) is 2.39. The molecular weight excluding hydrogens is 203 g/mol. The maximum absolute atomic E-state index is 2.51. The zero-order valence-corrected chi connectivity index (χ0v) is 8.92. The first-order chi connectivity index (χ1) is 3.70. The molecule has 1 rings (SSSR count). The Morgan fingerprint density at radius 1 is 1.50 bits per heavy atom. The molecule has 0 aromatic carbocycles. The van der Waals surface area contributed by atoms with Crippen molar-refractivity contribution in [3.8, 4) is 0 Å². The van der Waals surface area contributed by atoms with E-state index in [1.54, 1.807) is 10.9 Å². The van der Waals surface area contributed by atoms with Crippen LogP contribution in [0.25, 0.3) is 0 Å². The Hall–Kier alpha value is 0.799. The molecule has 8 heavy (non-hydrogen) atoms. The molecule has 1 fully saturated rings. The van der Waals surface area contributed by atoms with Gasteiger partial charge in [-0.2, -0.15) is 0 Å². The molecule has 0 saturated heterocycles. The Bertz CT molecular complexity index is 78.5. The van der Waals surface area contributed by atoms with E-state index in [1.165, 1.54) is 5.92 Å². The first kappa shape index (κ1) is 6.91. The second kappa shape index (κ2) is 2.59.